The molecule has 3 N–H and O–H groups in total. The zero-order valence-electron chi connectivity index (χ0n) is 8.86. The Bertz CT molecular complexity index is 339. The van der Waals surface area contributed by atoms with Crippen molar-refractivity contribution in [3.05, 3.63) is 23.9 Å². The van der Waals surface area contributed by atoms with Gasteiger partial charge in [-0.3, -0.25) is 4.79 Å². The number of rotatable bonds is 4. The third-order valence-corrected chi connectivity index (χ3v) is 1.89. The zero-order chi connectivity index (χ0) is 11.3. The van der Waals surface area contributed by atoms with E-state index in [0.29, 0.717) is 12.4 Å². The minimum Gasteiger partial charge on any atom is -0.481 e. The van der Waals surface area contributed by atoms with Crippen LogP contribution in [0.2, 0.25) is 0 Å². The van der Waals surface area contributed by atoms with Crippen molar-refractivity contribution in [2.45, 2.75) is 19.5 Å². The molecular weight excluding hydrogens is 194 g/mol. The van der Waals surface area contributed by atoms with Gasteiger partial charge in [0.1, 0.15) is 0 Å². The Morgan fingerprint density at radius 1 is 1.73 bits per heavy atom. The molecule has 0 saturated heterocycles. The van der Waals surface area contributed by atoms with E-state index in [2.05, 4.69) is 10.3 Å². The van der Waals surface area contributed by atoms with Crippen molar-refractivity contribution in [3.8, 4) is 5.88 Å². The number of carbonyl (C=O) groups excluding carboxylic acids is 1. The van der Waals surface area contributed by atoms with Crippen LogP contribution < -0.4 is 15.8 Å². The summed E-state index contributed by atoms with van der Waals surface area (Å²) >= 11 is 0. The van der Waals surface area contributed by atoms with E-state index >= 15 is 0 Å². The summed E-state index contributed by atoms with van der Waals surface area (Å²) in [6.07, 6.45) is 1.63. The lowest BCUT2D eigenvalue weighted by molar-refractivity contribution is -0.122. The molecule has 1 aromatic rings. The van der Waals surface area contributed by atoms with E-state index in [0.717, 1.165) is 5.56 Å². The van der Waals surface area contributed by atoms with Gasteiger partial charge in [-0.2, -0.15) is 0 Å². The topological polar surface area (TPSA) is 77.2 Å². The predicted octanol–water partition coefficient (Wildman–Crippen LogP) is 0.0536. The number of aromatic nitrogens is 1. The first-order valence-corrected chi connectivity index (χ1v) is 4.65. The molecule has 1 atom stereocenters. The fourth-order valence-corrected chi connectivity index (χ4v) is 1.02. The molecule has 1 unspecified atom stereocenters. The molecule has 0 spiro atoms. The average molecular weight is 209 g/mol. The van der Waals surface area contributed by atoms with Crippen LogP contribution in [0, 0.1) is 0 Å². The Hall–Kier alpha value is -1.62. The first kappa shape index (κ1) is 11.5. The van der Waals surface area contributed by atoms with E-state index in [1.807, 2.05) is 6.07 Å². The van der Waals surface area contributed by atoms with E-state index in [-0.39, 0.29) is 5.91 Å². The van der Waals surface area contributed by atoms with Gasteiger partial charge in [-0.25, -0.2) is 4.98 Å². The van der Waals surface area contributed by atoms with Crippen molar-refractivity contribution in [2.75, 3.05) is 7.11 Å². The third kappa shape index (κ3) is 3.55. The van der Waals surface area contributed by atoms with Crippen molar-refractivity contribution < 1.29 is 9.53 Å². The fraction of sp³-hybridized carbons (Fsp3) is 0.400. The highest BCUT2D eigenvalue weighted by Gasteiger charge is 2.06. The van der Waals surface area contributed by atoms with Crippen LogP contribution in [0.15, 0.2) is 18.3 Å². The maximum absolute atomic E-state index is 11.2. The van der Waals surface area contributed by atoms with Gasteiger partial charge in [0, 0.05) is 18.8 Å². The Labute approximate surface area is 88.6 Å². The molecule has 82 valence electrons. The predicted molar refractivity (Wildman–Crippen MR) is 56.3 cm³/mol. The van der Waals surface area contributed by atoms with Crippen molar-refractivity contribution in [3.63, 3.8) is 0 Å². The molecule has 0 radical (unpaired) electrons. The highest BCUT2D eigenvalue weighted by molar-refractivity contribution is 5.80. The molecule has 5 nitrogen and oxygen atoms in total. The van der Waals surface area contributed by atoms with Crippen LogP contribution in [0.3, 0.4) is 0 Å². The summed E-state index contributed by atoms with van der Waals surface area (Å²) in [6, 6.07) is 3.08. The fourth-order valence-electron chi connectivity index (χ4n) is 1.02. The minimum atomic E-state index is -0.492. The first-order chi connectivity index (χ1) is 7.13. The molecular formula is C10H15N3O2. The van der Waals surface area contributed by atoms with Crippen LogP contribution in [0.1, 0.15) is 12.5 Å². The summed E-state index contributed by atoms with van der Waals surface area (Å²) < 4.78 is 4.96. The van der Waals surface area contributed by atoms with Crippen LogP contribution in [-0.2, 0) is 11.3 Å². The second kappa shape index (κ2) is 5.31. The lowest BCUT2D eigenvalue weighted by Gasteiger charge is -2.08. The van der Waals surface area contributed by atoms with Gasteiger partial charge in [0.15, 0.2) is 0 Å². The number of amides is 1. The number of nitrogens with two attached hydrogens (primary N) is 1. The van der Waals surface area contributed by atoms with Gasteiger partial charge >= 0.3 is 0 Å². The van der Waals surface area contributed by atoms with E-state index in [1.54, 1.807) is 26.3 Å². The molecule has 1 aromatic heterocycles. The molecule has 1 rings (SSSR count). The van der Waals surface area contributed by atoms with Gasteiger partial charge in [0.2, 0.25) is 11.8 Å². The van der Waals surface area contributed by atoms with E-state index < -0.39 is 6.04 Å². The van der Waals surface area contributed by atoms with Crippen molar-refractivity contribution in [1.82, 2.24) is 10.3 Å². The summed E-state index contributed by atoms with van der Waals surface area (Å²) in [5.41, 5.74) is 6.33. The number of hydrogen-bond donors (Lipinski definition) is 2. The highest BCUT2D eigenvalue weighted by atomic mass is 16.5. The molecule has 0 aliphatic carbocycles. The first-order valence-electron chi connectivity index (χ1n) is 4.65. The molecule has 0 fully saturated rings. The van der Waals surface area contributed by atoms with Crippen LogP contribution in [0.25, 0.3) is 0 Å². The third-order valence-electron chi connectivity index (χ3n) is 1.89. The van der Waals surface area contributed by atoms with Gasteiger partial charge in [-0.1, -0.05) is 0 Å². The second-order valence-electron chi connectivity index (χ2n) is 3.21. The highest BCUT2D eigenvalue weighted by Crippen LogP contribution is 2.07. The molecule has 1 heterocycles. The van der Waals surface area contributed by atoms with Crippen molar-refractivity contribution >= 4 is 5.91 Å². The quantitative estimate of drug-likeness (QED) is 0.734. The SMILES string of the molecule is COc1cc(CNC(=O)C(C)N)ccn1. The second-order valence-corrected chi connectivity index (χ2v) is 3.21. The van der Waals surface area contributed by atoms with Gasteiger partial charge in [-0.05, 0) is 18.6 Å². The number of methoxy groups -OCH3 is 1. The zero-order valence-corrected chi connectivity index (χ0v) is 8.86. The van der Waals surface area contributed by atoms with Crippen molar-refractivity contribution in [2.24, 2.45) is 5.73 Å². The molecule has 15 heavy (non-hydrogen) atoms. The minimum absolute atomic E-state index is 0.175. The summed E-state index contributed by atoms with van der Waals surface area (Å²) in [7, 11) is 1.55. The normalized spacial score (nSPS) is 11.9. The van der Waals surface area contributed by atoms with Gasteiger partial charge in [0.25, 0.3) is 0 Å². The Morgan fingerprint density at radius 3 is 3.07 bits per heavy atom. The lowest BCUT2D eigenvalue weighted by Crippen LogP contribution is -2.37. The van der Waals surface area contributed by atoms with E-state index in [4.69, 9.17) is 10.5 Å². The van der Waals surface area contributed by atoms with Crippen molar-refractivity contribution in [1.29, 1.82) is 0 Å². The number of nitrogens with one attached hydrogen (secondary N) is 1. The Balaban J connectivity index is 2.54. The molecule has 0 aliphatic heterocycles. The van der Waals surface area contributed by atoms with E-state index in [1.165, 1.54) is 0 Å². The van der Waals surface area contributed by atoms with Gasteiger partial charge in [-0.15, -0.1) is 0 Å². The van der Waals surface area contributed by atoms with Gasteiger partial charge in [0.05, 0.1) is 13.2 Å². The van der Waals surface area contributed by atoms with Crippen LogP contribution >= 0.6 is 0 Å². The molecule has 0 aromatic carbocycles. The number of pyridine rings is 1. The van der Waals surface area contributed by atoms with Crippen LogP contribution in [0.4, 0.5) is 0 Å². The standard InChI is InChI=1S/C10H15N3O2/c1-7(11)10(14)13-6-8-3-4-12-9(5-8)15-2/h3-5,7H,6,11H2,1-2H3,(H,13,14). The molecule has 0 saturated carbocycles. The summed E-state index contributed by atoms with van der Waals surface area (Å²) in [4.78, 5) is 15.1. The summed E-state index contributed by atoms with van der Waals surface area (Å²) in [5.74, 6) is 0.355. The van der Waals surface area contributed by atoms with Gasteiger partial charge < -0.3 is 15.8 Å². The summed E-state index contributed by atoms with van der Waals surface area (Å²) in [6.45, 7) is 2.07. The summed E-state index contributed by atoms with van der Waals surface area (Å²) in [5, 5.41) is 2.70. The maximum Gasteiger partial charge on any atom is 0.236 e. The smallest absolute Gasteiger partial charge is 0.236 e. The van der Waals surface area contributed by atoms with Crippen LogP contribution in [0.5, 0.6) is 5.88 Å². The largest absolute Gasteiger partial charge is 0.481 e. The molecule has 0 bridgehead atoms. The van der Waals surface area contributed by atoms with Crippen LogP contribution in [-0.4, -0.2) is 24.0 Å². The van der Waals surface area contributed by atoms with E-state index in [9.17, 15) is 4.79 Å². The maximum atomic E-state index is 11.2. The molecule has 0 aliphatic rings. The number of nitrogens with zero attached hydrogens (tertiary/aromatic N) is 1. The Morgan fingerprint density at radius 2 is 2.47 bits per heavy atom. The molecule has 5 heteroatoms. The number of hydrogen-bond acceptors (Lipinski definition) is 4. The lowest BCUT2D eigenvalue weighted by atomic mass is 10.2. The number of carbonyl (C=O) groups is 1. The monoisotopic (exact) mass is 209 g/mol. The average Bonchev–Trinajstić information content (AvgIpc) is 2.26. The molecule has 1 amide bonds. The number of ether oxygens (including phenoxy) is 1. The Kier molecular flexibility index (Phi) is 4.05.